The molecule has 0 saturated carbocycles. The fourth-order valence-electron chi connectivity index (χ4n) is 4.82. The quantitative estimate of drug-likeness (QED) is 0.342. The van der Waals surface area contributed by atoms with E-state index in [4.69, 9.17) is 4.42 Å². The minimum atomic E-state index is -0.772. The molecular formula is C30H20N2O8. The summed E-state index contributed by atoms with van der Waals surface area (Å²) in [5, 5.41) is 20.0. The molecule has 0 fully saturated rings. The van der Waals surface area contributed by atoms with Crippen LogP contribution in [0.3, 0.4) is 0 Å². The lowest BCUT2D eigenvalue weighted by Gasteiger charge is -2.17. The Morgan fingerprint density at radius 2 is 1.20 bits per heavy atom. The predicted octanol–water partition coefficient (Wildman–Crippen LogP) is 5.01. The zero-order valence-electron chi connectivity index (χ0n) is 20.8. The van der Waals surface area contributed by atoms with Crippen LogP contribution in [-0.2, 0) is 4.74 Å². The lowest BCUT2D eigenvalue weighted by atomic mass is 9.90. The molecule has 0 atom stereocenters. The maximum absolute atomic E-state index is 12.7. The number of esters is 2. The molecule has 2 aromatic carbocycles. The van der Waals surface area contributed by atoms with Crippen molar-refractivity contribution in [1.82, 2.24) is 0 Å². The van der Waals surface area contributed by atoms with Crippen LogP contribution in [-0.4, -0.2) is 45.4 Å². The Balaban J connectivity index is 1.14. The Hall–Kier alpha value is -5.38. The summed E-state index contributed by atoms with van der Waals surface area (Å²) in [5.41, 5.74) is 4.11. The van der Waals surface area contributed by atoms with Crippen molar-refractivity contribution >= 4 is 45.9 Å². The molecule has 0 unspecified atom stereocenters. The third-order valence-electron chi connectivity index (χ3n) is 6.97. The van der Waals surface area contributed by atoms with Gasteiger partial charge in [-0.3, -0.25) is 9.59 Å². The minimum absolute atomic E-state index is 0.0644. The molecule has 0 radical (unpaired) electrons. The van der Waals surface area contributed by atoms with E-state index < -0.39 is 35.6 Å². The van der Waals surface area contributed by atoms with Crippen LogP contribution in [0.25, 0.3) is 10.8 Å². The van der Waals surface area contributed by atoms with Crippen molar-refractivity contribution in [3.8, 4) is 11.9 Å². The third-order valence-corrected chi connectivity index (χ3v) is 6.97. The van der Waals surface area contributed by atoms with E-state index in [0.29, 0.717) is 42.5 Å². The number of aliphatic imine (C=N–C) groups is 2. The molecule has 0 bridgehead atoms. The van der Waals surface area contributed by atoms with Gasteiger partial charge in [0.25, 0.3) is 23.7 Å². The summed E-state index contributed by atoms with van der Waals surface area (Å²) in [6.07, 6.45) is 9.92. The maximum atomic E-state index is 12.7. The summed E-state index contributed by atoms with van der Waals surface area (Å²) < 4.78 is 9.34. The molecule has 1 aromatic heterocycles. The first-order chi connectivity index (χ1) is 19.3. The number of fused-ring (bicyclic) bond motifs is 2. The van der Waals surface area contributed by atoms with Gasteiger partial charge in [-0.05, 0) is 85.4 Å². The highest BCUT2D eigenvalue weighted by Gasteiger charge is 2.30. The summed E-state index contributed by atoms with van der Waals surface area (Å²) in [5.74, 6) is -3.35. The van der Waals surface area contributed by atoms with Gasteiger partial charge in [-0.2, -0.15) is 0 Å². The minimum Gasteiger partial charge on any atom is -0.480 e. The van der Waals surface area contributed by atoms with Gasteiger partial charge in [0.2, 0.25) is 0 Å². The Kier molecular flexibility index (Phi) is 6.07. The lowest BCUT2D eigenvalue weighted by molar-refractivity contribution is 0.0443. The molecule has 2 N–H and O–H groups in total. The summed E-state index contributed by atoms with van der Waals surface area (Å²) >= 11 is 0. The van der Waals surface area contributed by atoms with Gasteiger partial charge in [0.05, 0.1) is 21.9 Å². The van der Waals surface area contributed by atoms with Crippen molar-refractivity contribution in [2.75, 3.05) is 0 Å². The molecule has 1 aliphatic heterocycles. The van der Waals surface area contributed by atoms with Crippen LogP contribution in [0.5, 0.6) is 11.9 Å². The second-order valence-electron chi connectivity index (χ2n) is 9.44. The topological polar surface area (TPSA) is 156 Å². The van der Waals surface area contributed by atoms with Crippen LogP contribution in [0, 0.1) is 0 Å². The fraction of sp³-hybridized carbons (Fsp3) is 0.133. The molecule has 10 nitrogen and oxygen atoms in total. The van der Waals surface area contributed by atoms with Gasteiger partial charge in [-0.1, -0.05) is 12.2 Å². The molecule has 2 heterocycles. The first-order valence-electron chi connectivity index (χ1n) is 12.4. The van der Waals surface area contributed by atoms with Crippen LogP contribution < -0.4 is 0 Å². The van der Waals surface area contributed by atoms with E-state index in [9.17, 15) is 29.4 Å². The van der Waals surface area contributed by atoms with Gasteiger partial charge >= 0.3 is 11.9 Å². The first kappa shape index (κ1) is 24.9. The van der Waals surface area contributed by atoms with Crippen LogP contribution >= 0.6 is 0 Å². The number of amides is 2. The molecule has 40 heavy (non-hydrogen) atoms. The van der Waals surface area contributed by atoms with E-state index in [2.05, 4.69) is 14.7 Å². The fourth-order valence-corrected chi connectivity index (χ4v) is 4.82. The Labute approximate surface area is 226 Å². The number of rotatable bonds is 2. The highest BCUT2D eigenvalue weighted by atomic mass is 16.6. The van der Waals surface area contributed by atoms with Crippen molar-refractivity contribution in [2.24, 2.45) is 9.98 Å². The van der Waals surface area contributed by atoms with Gasteiger partial charge in [-0.25, -0.2) is 19.6 Å². The summed E-state index contributed by atoms with van der Waals surface area (Å²) in [7, 11) is 0. The van der Waals surface area contributed by atoms with Crippen LogP contribution in [0.4, 0.5) is 0 Å². The average Bonchev–Trinajstić information content (AvgIpc) is 3.41. The summed E-state index contributed by atoms with van der Waals surface area (Å²) in [6.45, 7) is 0. The predicted molar refractivity (Wildman–Crippen MR) is 143 cm³/mol. The van der Waals surface area contributed by atoms with Gasteiger partial charge in [0.1, 0.15) is 0 Å². The number of hydrogen-bond donors (Lipinski definition) is 2. The maximum Gasteiger partial charge on any atom is 0.346 e. The smallest absolute Gasteiger partial charge is 0.346 e. The van der Waals surface area contributed by atoms with Crippen molar-refractivity contribution in [2.45, 2.75) is 25.7 Å². The van der Waals surface area contributed by atoms with Crippen LogP contribution in [0.2, 0.25) is 0 Å². The number of aromatic hydroxyl groups is 2. The van der Waals surface area contributed by atoms with E-state index in [0.717, 1.165) is 11.1 Å². The van der Waals surface area contributed by atoms with Crippen molar-refractivity contribution in [3.05, 3.63) is 94.1 Å². The molecule has 2 amide bonds. The number of hydrogen-bond acceptors (Lipinski definition) is 8. The number of cyclic esters (lactones) is 2. The number of carbonyl (C=O) groups is 4. The average molecular weight is 536 g/mol. The first-order valence-corrected chi connectivity index (χ1v) is 12.4. The largest absolute Gasteiger partial charge is 0.480 e. The van der Waals surface area contributed by atoms with Gasteiger partial charge < -0.3 is 19.4 Å². The Bertz CT molecular complexity index is 1820. The normalized spacial score (nSPS) is 20.4. The monoisotopic (exact) mass is 536 g/mol. The van der Waals surface area contributed by atoms with Crippen molar-refractivity contribution in [1.29, 1.82) is 0 Å². The molecule has 6 rings (SSSR count). The highest BCUT2D eigenvalue weighted by molar-refractivity contribution is 6.16. The molecule has 3 aliphatic rings. The van der Waals surface area contributed by atoms with E-state index in [-0.39, 0.29) is 27.6 Å². The Morgan fingerprint density at radius 3 is 1.80 bits per heavy atom. The number of benzene rings is 2. The molecule has 2 aliphatic carbocycles. The molecule has 3 aromatic rings. The zero-order valence-corrected chi connectivity index (χ0v) is 20.8. The van der Waals surface area contributed by atoms with E-state index in [1.807, 2.05) is 12.2 Å². The third kappa shape index (κ3) is 4.55. The van der Waals surface area contributed by atoms with Gasteiger partial charge in [-0.15, -0.1) is 0 Å². The standard InChI is InChI=1S/C30H20N2O8/c33-25(17-5-11-21-23(13-17)29(37)39-27(21)35)31-19-7-1-15(2-8-19)16-3-9-20(10-4-16)32-26(34)18-6-12-22-24(14-18)30(38)40-28(22)36/h1,3,5-7,9,11-14,35,37H,2,4,8,10H2. The number of furan rings is 1. The van der Waals surface area contributed by atoms with E-state index >= 15 is 0 Å². The van der Waals surface area contributed by atoms with Crippen molar-refractivity contribution < 1.29 is 38.5 Å². The second kappa shape index (κ2) is 9.73. The summed E-state index contributed by atoms with van der Waals surface area (Å²) in [6, 6.07) is 8.60. The molecule has 0 saturated heterocycles. The number of nitrogens with zero attached hydrogens (tertiary/aromatic N) is 2. The van der Waals surface area contributed by atoms with E-state index in [1.54, 1.807) is 12.2 Å². The molecule has 0 spiro atoms. The Morgan fingerprint density at radius 1 is 0.650 bits per heavy atom. The molecular weight excluding hydrogens is 516 g/mol. The zero-order chi connectivity index (χ0) is 28.0. The van der Waals surface area contributed by atoms with Crippen molar-refractivity contribution in [3.63, 3.8) is 0 Å². The van der Waals surface area contributed by atoms with Crippen LogP contribution in [0.1, 0.15) is 67.1 Å². The lowest BCUT2D eigenvalue weighted by Crippen LogP contribution is -2.09. The summed E-state index contributed by atoms with van der Waals surface area (Å²) in [4.78, 5) is 57.1. The van der Waals surface area contributed by atoms with Gasteiger partial charge in [0.15, 0.2) is 0 Å². The molecule has 10 heteroatoms. The second-order valence-corrected chi connectivity index (χ2v) is 9.44. The number of ether oxygens (including phenoxy) is 1. The number of carbonyl (C=O) groups excluding carboxylic acids is 4. The van der Waals surface area contributed by atoms with Gasteiger partial charge in [0, 0.05) is 22.6 Å². The SMILES string of the molecule is O=C(N=C1C=CC(=C2C=CC(=NC(=O)c3ccc4c(O)oc(O)c4c3)CC2)CC1)c1ccc2c(c1)C(=O)OC2=O. The highest BCUT2D eigenvalue weighted by Crippen LogP contribution is 2.36. The number of allylic oxidation sites excluding steroid dienone is 6. The van der Waals surface area contributed by atoms with Crippen LogP contribution in [0.15, 0.2) is 86.3 Å². The van der Waals surface area contributed by atoms with E-state index in [1.165, 1.54) is 36.4 Å². The molecule has 198 valence electrons.